The summed E-state index contributed by atoms with van der Waals surface area (Å²) in [6, 6.07) is 4.95. The first-order valence-corrected chi connectivity index (χ1v) is 18.6. The Bertz CT molecular complexity index is 1880. The maximum absolute atomic E-state index is 14.8. The lowest BCUT2D eigenvalue weighted by molar-refractivity contribution is -0.197. The van der Waals surface area contributed by atoms with Crippen LogP contribution in [0.4, 0.5) is 14.6 Å². The zero-order valence-corrected chi connectivity index (χ0v) is 27.7. The molecule has 0 saturated carbocycles. The van der Waals surface area contributed by atoms with E-state index in [4.69, 9.17) is 19.1 Å². The van der Waals surface area contributed by atoms with Crippen LogP contribution >= 0.6 is 0 Å². The molecule has 3 heterocycles. The van der Waals surface area contributed by atoms with Crippen molar-refractivity contribution in [3.63, 3.8) is 0 Å². The van der Waals surface area contributed by atoms with Crippen LogP contribution in [-0.4, -0.2) is 88.3 Å². The van der Waals surface area contributed by atoms with Crippen LogP contribution in [0.2, 0.25) is 18.1 Å². The number of nitrogens with two attached hydrogens (primary N) is 1. The number of hydrogen-bond acceptors (Lipinski definition) is 13. The summed E-state index contributed by atoms with van der Waals surface area (Å²) in [6.45, 7) is 9.06. The largest absolute Gasteiger partial charge is 0.407 e. The number of carbonyl (C=O) groups excluding carboxylic acids is 1. The van der Waals surface area contributed by atoms with Crippen LogP contribution in [0.15, 0.2) is 36.9 Å². The van der Waals surface area contributed by atoms with Gasteiger partial charge in [-0.1, -0.05) is 45.0 Å². The Morgan fingerprint density at radius 2 is 1.89 bits per heavy atom. The van der Waals surface area contributed by atoms with Gasteiger partial charge in [0.2, 0.25) is 5.60 Å². The normalized spacial score (nSPS) is 27.3. The molecule has 2 aliphatic rings. The molecule has 0 radical (unpaired) electrons. The zero-order chi connectivity index (χ0) is 34.7. The van der Waals surface area contributed by atoms with Gasteiger partial charge in [0.05, 0.1) is 12.9 Å². The molecule has 3 aromatic rings. The fraction of sp³-hybridized carbons (Fsp3) is 0.500. The van der Waals surface area contributed by atoms with Gasteiger partial charge in [0.1, 0.15) is 36.3 Å². The monoisotopic (exact) mass is 696 g/mol. The zero-order valence-electron chi connectivity index (χ0n) is 25.9. The molecule has 6 atom stereocenters. The number of aliphatic hydroxyl groups is 3. The maximum Gasteiger partial charge on any atom is 0.363 e. The molecule has 1 fully saturated rings. The number of alkyl halides is 2. The van der Waals surface area contributed by atoms with Crippen LogP contribution in [0, 0.1) is 11.8 Å². The van der Waals surface area contributed by atoms with E-state index < -0.39 is 78.9 Å². The number of benzene rings is 1. The quantitative estimate of drug-likeness (QED) is 0.172. The smallest absolute Gasteiger partial charge is 0.363 e. The first kappa shape index (κ1) is 34.7. The summed E-state index contributed by atoms with van der Waals surface area (Å²) < 4.78 is 75.2. The predicted octanol–water partition coefficient (Wildman–Crippen LogP) is 1.01. The van der Waals surface area contributed by atoms with Crippen molar-refractivity contribution in [1.82, 2.24) is 24.2 Å². The van der Waals surface area contributed by atoms with Gasteiger partial charge in [0.25, 0.3) is 0 Å². The maximum atomic E-state index is 14.8. The average molecular weight is 697 g/mol. The second-order valence-corrected chi connectivity index (χ2v) is 18.8. The molecule has 0 unspecified atom stereocenters. The second kappa shape index (κ2) is 11.8. The average Bonchev–Trinajstić information content (AvgIpc) is 3.58. The summed E-state index contributed by atoms with van der Waals surface area (Å²) >= 11 is 0. The number of nitrogens with one attached hydrogen (secondary N) is 1. The highest BCUT2D eigenvalue weighted by molar-refractivity contribution is 7.85. The molecule has 1 aliphatic carbocycles. The molecule has 254 valence electrons. The SMILES string of the molecule is CC(C)(C)[Si](C)(C)O[C@@H]1[C@H](O)[C@@H](COS(=O)(=O)NC(=O)C#C[C@@]2(O)c3ccccc3[C@@H](O)C2(F)F)O[C@H]1n1cnc2c(N)ncnc21. The van der Waals surface area contributed by atoms with Crippen LogP contribution in [0.25, 0.3) is 11.2 Å². The van der Waals surface area contributed by atoms with E-state index in [0.29, 0.717) is 0 Å². The molecule has 1 aliphatic heterocycles. The van der Waals surface area contributed by atoms with E-state index in [9.17, 15) is 37.3 Å². The number of halogens is 2. The van der Waals surface area contributed by atoms with Gasteiger partial charge >= 0.3 is 22.1 Å². The number of carbonyl (C=O) groups is 1. The number of aromatic nitrogens is 4. The van der Waals surface area contributed by atoms with E-state index in [0.717, 1.165) is 12.1 Å². The van der Waals surface area contributed by atoms with Crippen molar-refractivity contribution in [2.75, 3.05) is 12.3 Å². The molecule has 0 bridgehead atoms. The number of nitrogens with zero attached hydrogens (tertiary/aromatic N) is 4. The van der Waals surface area contributed by atoms with Gasteiger partial charge in [-0.15, -0.1) is 0 Å². The minimum Gasteiger partial charge on any atom is -0.407 e. The highest BCUT2D eigenvalue weighted by Gasteiger charge is 2.65. The molecule has 6 N–H and O–H groups in total. The van der Waals surface area contributed by atoms with Gasteiger partial charge in [-0.3, -0.25) is 13.5 Å². The number of nitrogen functional groups attached to an aromatic ring is 1. The number of amides is 1. The van der Waals surface area contributed by atoms with E-state index in [1.54, 1.807) is 11.8 Å². The van der Waals surface area contributed by atoms with Gasteiger partial charge in [-0.05, 0) is 35.5 Å². The van der Waals surface area contributed by atoms with Crippen LogP contribution in [0.3, 0.4) is 0 Å². The number of fused-ring (bicyclic) bond motifs is 2. The van der Waals surface area contributed by atoms with Gasteiger partial charge in [-0.2, -0.15) is 17.2 Å². The van der Waals surface area contributed by atoms with Gasteiger partial charge in [-0.25, -0.2) is 19.7 Å². The van der Waals surface area contributed by atoms with Crippen molar-refractivity contribution in [2.45, 2.75) is 81.1 Å². The lowest BCUT2D eigenvalue weighted by atomic mass is 9.94. The number of hydrogen-bond donors (Lipinski definition) is 5. The van der Waals surface area contributed by atoms with Crippen molar-refractivity contribution in [2.24, 2.45) is 0 Å². The molecule has 5 rings (SSSR count). The molecule has 1 saturated heterocycles. The second-order valence-electron chi connectivity index (χ2n) is 12.7. The molecule has 19 heteroatoms. The fourth-order valence-corrected chi connectivity index (χ4v) is 6.98. The van der Waals surface area contributed by atoms with Gasteiger partial charge < -0.3 is 30.2 Å². The van der Waals surface area contributed by atoms with Crippen molar-refractivity contribution in [1.29, 1.82) is 0 Å². The number of ether oxygens (including phenoxy) is 1. The molecular formula is C28H34F2N6O9SSi. The van der Waals surface area contributed by atoms with Crippen LogP contribution in [-0.2, 0) is 34.0 Å². The highest BCUT2D eigenvalue weighted by Crippen LogP contribution is 2.53. The number of imidazole rings is 1. The topological polar surface area (TPSA) is 221 Å². The third kappa shape index (κ3) is 6.11. The third-order valence-corrected chi connectivity index (χ3v) is 14.0. The van der Waals surface area contributed by atoms with E-state index in [1.807, 2.05) is 33.9 Å². The summed E-state index contributed by atoms with van der Waals surface area (Å²) in [5.74, 6) is -2.39. The Morgan fingerprint density at radius 3 is 2.57 bits per heavy atom. The predicted molar refractivity (Wildman–Crippen MR) is 163 cm³/mol. The van der Waals surface area contributed by atoms with Crippen LogP contribution in [0.1, 0.15) is 44.2 Å². The standard InChI is InChI=1S/C28H34F2N6O9SSi/c1-26(2,3)47(4,5)45-21-20(38)17(44-25(21)36-14-34-19-23(31)32-13-33-24(19)36)12-43-46(41,42)35-18(37)10-11-27(40)16-9-7-6-8-15(16)22(39)28(27,29)30/h6-9,13-14,17,20-22,25,38-40H,12H2,1-5H3,(H,35,37)(H2,31,32,33)/t17-,20-,21-,22-,25-,27-/m1/s1. The number of anilines is 1. The summed E-state index contributed by atoms with van der Waals surface area (Å²) in [7, 11) is -7.52. The first-order chi connectivity index (χ1) is 21.7. The Hall–Kier alpha value is -3.61. The lowest BCUT2D eigenvalue weighted by Crippen LogP contribution is -2.49. The van der Waals surface area contributed by atoms with Crippen molar-refractivity contribution >= 4 is 41.5 Å². The highest BCUT2D eigenvalue weighted by atomic mass is 32.2. The summed E-state index contributed by atoms with van der Waals surface area (Å²) in [5, 5.41) is 31.7. The fourth-order valence-electron chi connectivity index (χ4n) is 5.04. The summed E-state index contributed by atoms with van der Waals surface area (Å²) in [5.41, 5.74) is 2.44. The van der Waals surface area contributed by atoms with Crippen LogP contribution < -0.4 is 10.5 Å². The number of aliphatic hydroxyl groups excluding tert-OH is 2. The molecule has 2 aromatic heterocycles. The van der Waals surface area contributed by atoms with E-state index in [-0.39, 0.29) is 27.6 Å². The minimum atomic E-state index is -4.94. The molecule has 15 nitrogen and oxygen atoms in total. The van der Waals surface area contributed by atoms with Gasteiger partial charge in [0.15, 0.2) is 26.0 Å². The van der Waals surface area contributed by atoms with Gasteiger partial charge in [0, 0.05) is 5.56 Å². The Kier molecular flexibility index (Phi) is 8.73. The summed E-state index contributed by atoms with van der Waals surface area (Å²) in [4.78, 5) is 24.7. The Labute approximate surface area is 269 Å². The summed E-state index contributed by atoms with van der Waals surface area (Å²) in [6.07, 6.45) is -4.70. The Morgan fingerprint density at radius 1 is 1.21 bits per heavy atom. The van der Waals surface area contributed by atoms with Crippen LogP contribution in [0.5, 0.6) is 0 Å². The molecule has 0 spiro atoms. The van der Waals surface area contributed by atoms with E-state index in [2.05, 4.69) is 15.0 Å². The molecular weight excluding hydrogens is 662 g/mol. The first-order valence-electron chi connectivity index (χ1n) is 14.3. The lowest BCUT2D eigenvalue weighted by Gasteiger charge is -2.40. The van der Waals surface area contributed by atoms with E-state index in [1.165, 1.54) is 34.1 Å². The minimum absolute atomic E-state index is 0.100. The molecule has 47 heavy (non-hydrogen) atoms. The number of rotatable bonds is 7. The third-order valence-electron chi connectivity index (χ3n) is 8.64. The van der Waals surface area contributed by atoms with Crippen molar-refractivity contribution in [3.8, 4) is 11.8 Å². The Balaban J connectivity index is 1.33. The molecule has 1 aromatic carbocycles. The molecule has 1 amide bonds. The van der Waals surface area contributed by atoms with Crippen molar-refractivity contribution in [3.05, 3.63) is 48.0 Å². The van der Waals surface area contributed by atoms with E-state index >= 15 is 0 Å². The van der Waals surface area contributed by atoms with Crippen molar-refractivity contribution < 1.29 is 50.7 Å².